The van der Waals surface area contributed by atoms with Crippen molar-refractivity contribution in [1.82, 2.24) is 9.88 Å². The van der Waals surface area contributed by atoms with Crippen LogP contribution in [0.25, 0.3) is 10.9 Å². The zero-order valence-electron chi connectivity index (χ0n) is 12.2. The highest BCUT2D eigenvalue weighted by Gasteiger charge is 2.22. The van der Waals surface area contributed by atoms with Crippen molar-refractivity contribution in [1.29, 1.82) is 0 Å². The molecule has 0 bridgehead atoms. The zero-order chi connectivity index (χ0) is 14.3. The lowest BCUT2D eigenvalue weighted by Crippen LogP contribution is -2.44. The summed E-state index contributed by atoms with van der Waals surface area (Å²) in [6.45, 7) is 8.10. The average molecular weight is 272 g/mol. The van der Waals surface area contributed by atoms with E-state index in [0.717, 1.165) is 22.2 Å². The van der Waals surface area contributed by atoms with Gasteiger partial charge in [0.15, 0.2) is 0 Å². The van der Waals surface area contributed by atoms with Crippen molar-refractivity contribution in [3.05, 3.63) is 35.0 Å². The first-order valence-corrected chi connectivity index (χ1v) is 7.06. The van der Waals surface area contributed by atoms with Crippen molar-refractivity contribution in [3.63, 3.8) is 0 Å². The van der Waals surface area contributed by atoms with Crippen molar-refractivity contribution >= 4 is 16.8 Å². The number of morpholine rings is 1. The smallest absolute Gasteiger partial charge is 0.254 e. The van der Waals surface area contributed by atoms with E-state index in [4.69, 9.17) is 4.74 Å². The van der Waals surface area contributed by atoms with E-state index in [1.54, 1.807) is 0 Å². The largest absolute Gasteiger partial charge is 0.375 e. The summed E-state index contributed by atoms with van der Waals surface area (Å²) in [5.41, 5.74) is 4.22. The summed E-state index contributed by atoms with van der Waals surface area (Å²) in [7, 11) is 0. The normalized spacial score (nSPS) is 19.6. The molecule has 0 aliphatic carbocycles. The molecule has 1 aromatic heterocycles. The van der Waals surface area contributed by atoms with Gasteiger partial charge in [0.25, 0.3) is 5.91 Å². The summed E-state index contributed by atoms with van der Waals surface area (Å²) < 4.78 is 5.49. The highest BCUT2D eigenvalue weighted by molar-refractivity contribution is 5.99. The lowest BCUT2D eigenvalue weighted by Gasteiger charge is -2.31. The molecule has 0 spiro atoms. The molecule has 1 atom stereocenters. The summed E-state index contributed by atoms with van der Waals surface area (Å²) in [6.07, 6.45) is 0.118. The van der Waals surface area contributed by atoms with Crippen LogP contribution < -0.4 is 0 Å². The lowest BCUT2D eigenvalue weighted by atomic mass is 10.1. The van der Waals surface area contributed by atoms with Gasteiger partial charge in [-0.3, -0.25) is 4.79 Å². The predicted molar refractivity (Wildman–Crippen MR) is 79.1 cm³/mol. The molecule has 1 N–H and O–H groups in total. The molecule has 4 heteroatoms. The quantitative estimate of drug-likeness (QED) is 0.867. The second-order valence-corrected chi connectivity index (χ2v) is 5.57. The maximum atomic E-state index is 12.6. The molecule has 1 amide bonds. The minimum absolute atomic E-state index is 0.0975. The third-order valence-electron chi connectivity index (χ3n) is 4.08. The molecule has 0 saturated carbocycles. The van der Waals surface area contributed by atoms with Crippen LogP contribution in [0.5, 0.6) is 0 Å². The van der Waals surface area contributed by atoms with Crippen molar-refractivity contribution in [3.8, 4) is 0 Å². The highest BCUT2D eigenvalue weighted by atomic mass is 16.5. The van der Waals surface area contributed by atoms with Crippen LogP contribution in [0, 0.1) is 13.8 Å². The fourth-order valence-electron chi connectivity index (χ4n) is 2.78. The number of aromatic amines is 1. The summed E-state index contributed by atoms with van der Waals surface area (Å²) in [4.78, 5) is 17.8. The number of benzene rings is 1. The maximum absolute atomic E-state index is 12.6. The number of carbonyl (C=O) groups excluding carboxylic acids is 1. The van der Waals surface area contributed by atoms with Crippen LogP contribution in [0.15, 0.2) is 18.2 Å². The third kappa shape index (κ3) is 2.20. The van der Waals surface area contributed by atoms with Gasteiger partial charge in [0.1, 0.15) is 0 Å². The summed E-state index contributed by atoms with van der Waals surface area (Å²) >= 11 is 0. The second-order valence-electron chi connectivity index (χ2n) is 5.57. The van der Waals surface area contributed by atoms with E-state index in [1.807, 2.05) is 30.0 Å². The Morgan fingerprint density at radius 3 is 2.95 bits per heavy atom. The Morgan fingerprint density at radius 2 is 2.20 bits per heavy atom. The molecular formula is C16H20N2O2. The van der Waals surface area contributed by atoms with Gasteiger partial charge in [-0.1, -0.05) is 0 Å². The Labute approximate surface area is 118 Å². The van der Waals surface area contributed by atoms with E-state index in [0.29, 0.717) is 19.7 Å². The van der Waals surface area contributed by atoms with Crippen LogP contribution in [0.1, 0.15) is 28.5 Å². The van der Waals surface area contributed by atoms with Crippen molar-refractivity contribution in [2.75, 3.05) is 19.7 Å². The lowest BCUT2D eigenvalue weighted by molar-refractivity contribution is -0.0124. The Kier molecular flexibility index (Phi) is 3.26. The minimum Gasteiger partial charge on any atom is -0.375 e. The monoisotopic (exact) mass is 272 g/mol. The average Bonchev–Trinajstić information content (AvgIpc) is 2.73. The molecule has 3 rings (SSSR count). The van der Waals surface area contributed by atoms with E-state index in [9.17, 15) is 4.79 Å². The maximum Gasteiger partial charge on any atom is 0.254 e. The number of hydrogen-bond acceptors (Lipinski definition) is 2. The van der Waals surface area contributed by atoms with Crippen molar-refractivity contribution in [2.45, 2.75) is 26.9 Å². The number of fused-ring (bicyclic) bond motifs is 1. The number of rotatable bonds is 1. The van der Waals surface area contributed by atoms with Crippen LogP contribution in [0.4, 0.5) is 0 Å². The summed E-state index contributed by atoms with van der Waals surface area (Å²) in [5.74, 6) is 0.0975. The van der Waals surface area contributed by atoms with Gasteiger partial charge in [-0.2, -0.15) is 0 Å². The highest BCUT2D eigenvalue weighted by Crippen LogP contribution is 2.23. The SMILES string of the molecule is Cc1[nH]c2ccc(C(=O)N3CCOC(C)C3)cc2c1C. The van der Waals surface area contributed by atoms with E-state index < -0.39 is 0 Å². The molecule has 106 valence electrons. The molecule has 2 aromatic rings. The third-order valence-corrected chi connectivity index (χ3v) is 4.08. The Balaban J connectivity index is 1.93. The number of aryl methyl sites for hydroxylation is 2. The fourth-order valence-corrected chi connectivity index (χ4v) is 2.78. The van der Waals surface area contributed by atoms with Crippen molar-refractivity contribution in [2.24, 2.45) is 0 Å². The van der Waals surface area contributed by atoms with Crippen LogP contribution >= 0.6 is 0 Å². The first-order valence-electron chi connectivity index (χ1n) is 7.06. The minimum atomic E-state index is 0.0975. The molecule has 1 aromatic carbocycles. The summed E-state index contributed by atoms with van der Waals surface area (Å²) in [6, 6.07) is 5.89. The predicted octanol–water partition coefficient (Wildman–Crippen LogP) is 2.65. The van der Waals surface area contributed by atoms with Crippen LogP contribution in [-0.4, -0.2) is 41.6 Å². The Hall–Kier alpha value is -1.81. The Bertz CT molecular complexity index is 660. The van der Waals surface area contributed by atoms with Gasteiger partial charge in [0, 0.05) is 35.2 Å². The van der Waals surface area contributed by atoms with Gasteiger partial charge in [-0.25, -0.2) is 0 Å². The molecule has 4 nitrogen and oxygen atoms in total. The van der Waals surface area contributed by atoms with Crippen LogP contribution in [0.3, 0.4) is 0 Å². The number of nitrogens with zero attached hydrogens (tertiary/aromatic N) is 1. The molecule has 1 fully saturated rings. The van der Waals surface area contributed by atoms with E-state index >= 15 is 0 Å². The van der Waals surface area contributed by atoms with E-state index in [2.05, 4.69) is 18.8 Å². The number of hydrogen-bond donors (Lipinski definition) is 1. The number of aromatic nitrogens is 1. The number of carbonyl (C=O) groups is 1. The second kappa shape index (κ2) is 4.94. The van der Waals surface area contributed by atoms with Gasteiger partial charge in [-0.15, -0.1) is 0 Å². The van der Waals surface area contributed by atoms with Gasteiger partial charge >= 0.3 is 0 Å². The van der Waals surface area contributed by atoms with E-state index in [1.165, 1.54) is 5.56 Å². The molecule has 1 unspecified atom stereocenters. The van der Waals surface area contributed by atoms with Crippen molar-refractivity contribution < 1.29 is 9.53 Å². The Morgan fingerprint density at radius 1 is 1.40 bits per heavy atom. The van der Waals surface area contributed by atoms with Gasteiger partial charge in [0.2, 0.25) is 0 Å². The number of amides is 1. The molecule has 1 saturated heterocycles. The molecule has 1 aliphatic heterocycles. The number of H-pyrrole nitrogens is 1. The fraction of sp³-hybridized carbons (Fsp3) is 0.438. The van der Waals surface area contributed by atoms with Gasteiger partial charge in [-0.05, 0) is 44.5 Å². The summed E-state index contributed by atoms with van der Waals surface area (Å²) in [5, 5.41) is 1.13. The van der Waals surface area contributed by atoms with Gasteiger partial charge < -0.3 is 14.6 Å². The standard InChI is InChI=1S/C16H20N2O2/c1-10-9-18(6-7-20-10)16(19)13-4-5-15-14(8-13)11(2)12(3)17-15/h4-5,8,10,17H,6-7,9H2,1-3H3. The van der Waals surface area contributed by atoms with Crippen LogP contribution in [0.2, 0.25) is 0 Å². The first-order chi connectivity index (χ1) is 9.56. The zero-order valence-corrected chi connectivity index (χ0v) is 12.2. The first kappa shape index (κ1) is 13.2. The molecule has 1 aliphatic rings. The number of nitrogens with one attached hydrogen (secondary N) is 1. The van der Waals surface area contributed by atoms with Crippen LogP contribution in [-0.2, 0) is 4.74 Å². The van der Waals surface area contributed by atoms with E-state index in [-0.39, 0.29) is 12.0 Å². The molecule has 0 radical (unpaired) electrons. The van der Waals surface area contributed by atoms with Gasteiger partial charge in [0.05, 0.1) is 12.7 Å². The number of ether oxygens (including phenoxy) is 1. The molecular weight excluding hydrogens is 252 g/mol. The molecule has 2 heterocycles. The molecule has 20 heavy (non-hydrogen) atoms. The topological polar surface area (TPSA) is 45.3 Å².